The van der Waals surface area contributed by atoms with Gasteiger partial charge in [0.15, 0.2) is 0 Å². The molecule has 0 amide bonds. The summed E-state index contributed by atoms with van der Waals surface area (Å²) in [5.74, 6) is -0.000886. The number of anilines is 2. The van der Waals surface area contributed by atoms with Gasteiger partial charge in [0.25, 0.3) is 10.0 Å². The van der Waals surface area contributed by atoms with E-state index >= 15 is 0 Å². The van der Waals surface area contributed by atoms with Gasteiger partial charge in [0.1, 0.15) is 10.7 Å². The van der Waals surface area contributed by atoms with Crippen LogP contribution in [0.5, 0.6) is 0 Å². The van der Waals surface area contributed by atoms with Gasteiger partial charge in [0.2, 0.25) is 0 Å². The zero-order valence-corrected chi connectivity index (χ0v) is 9.82. The second kappa shape index (κ2) is 4.06. The van der Waals surface area contributed by atoms with Gasteiger partial charge in [-0.2, -0.15) is 5.10 Å². The number of rotatable bonds is 3. The van der Waals surface area contributed by atoms with E-state index in [1.54, 1.807) is 19.2 Å². The number of nitrogen functional groups attached to an aromatic ring is 1. The van der Waals surface area contributed by atoms with E-state index in [0.29, 0.717) is 5.69 Å². The van der Waals surface area contributed by atoms with Crippen molar-refractivity contribution in [3.63, 3.8) is 0 Å². The molecule has 8 heteroatoms. The Kier molecular flexibility index (Phi) is 2.72. The molecule has 0 aliphatic rings. The van der Waals surface area contributed by atoms with Gasteiger partial charge in [-0.15, -0.1) is 0 Å². The first kappa shape index (κ1) is 11.4. The van der Waals surface area contributed by atoms with Crippen LogP contribution >= 0.6 is 0 Å². The van der Waals surface area contributed by atoms with Crippen LogP contribution in [0.4, 0.5) is 11.5 Å². The molecule has 0 aromatic carbocycles. The van der Waals surface area contributed by atoms with Crippen LogP contribution in [-0.2, 0) is 10.0 Å². The maximum absolute atomic E-state index is 12.0. The van der Waals surface area contributed by atoms with Crippen molar-refractivity contribution >= 4 is 21.5 Å². The smallest absolute Gasteiger partial charge is 0.267 e. The van der Waals surface area contributed by atoms with Gasteiger partial charge in [-0.05, 0) is 18.6 Å². The third-order valence-corrected chi connectivity index (χ3v) is 3.60. The van der Waals surface area contributed by atoms with Crippen LogP contribution in [0.2, 0.25) is 0 Å². The van der Waals surface area contributed by atoms with Crippen LogP contribution in [0.1, 0.15) is 5.56 Å². The van der Waals surface area contributed by atoms with Crippen molar-refractivity contribution < 1.29 is 8.42 Å². The summed E-state index contributed by atoms with van der Waals surface area (Å²) in [6.45, 7) is 1.78. The SMILES string of the molecule is Cc1ccncc1NS(=O)(=O)c1cn[nH]c1N. The van der Waals surface area contributed by atoms with Gasteiger partial charge < -0.3 is 5.73 Å². The van der Waals surface area contributed by atoms with Crippen molar-refractivity contribution in [3.8, 4) is 0 Å². The van der Waals surface area contributed by atoms with Crippen molar-refractivity contribution in [1.29, 1.82) is 0 Å². The predicted molar refractivity (Wildman–Crippen MR) is 62.8 cm³/mol. The Balaban J connectivity index is 2.37. The molecule has 90 valence electrons. The lowest BCUT2D eigenvalue weighted by Crippen LogP contribution is -2.14. The number of hydrogen-bond acceptors (Lipinski definition) is 5. The molecule has 0 saturated carbocycles. The summed E-state index contributed by atoms with van der Waals surface area (Å²) >= 11 is 0. The van der Waals surface area contributed by atoms with E-state index in [9.17, 15) is 8.42 Å². The highest BCUT2D eigenvalue weighted by atomic mass is 32.2. The van der Waals surface area contributed by atoms with E-state index in [1.165, 1.54) is 6.20 Å². The molecule has 2 aromatic heterocycles. The summed E-state index contributed by atoms with van der Waals surface area (Å²) in [5.41, 5.74) is 6.64. The quantitative estimate of drug-likeness (QED) is 0.736. The third kappa shape index (κ3) is 2.21. The number of hydrogen-bond donors (Lipinski definition) is 3. The monoisotopic (exact) mass is 253 g/mol. The Bertz CT molecular complexity index is 634. The highest BCUT2D eigenvalue weighted by Crippen LogP contribution is 2.20. The first-order chi connectivity index (χ1) is 8.00. The van der Waals surface area contributed by atoms with Crippen molar-refractivity contribution in [2.45, 2.75) is 11.8 Å². The Hall–Kier alpha value is -2.09. The van der Waals surface area contributed by atoms with Gasteiger partial charge in [0.05, 0.1) is 18.1 Å². The maximum Gasteiger partial charge on any atom is 0.267 e. The van der Waals surface area contributed by atoms with E-state index in [2.05, 4.69) is 19.9 Å². The fraction of sp³-hybridized carbons (Fsp3) is 0.111. The maximum atomic E-state index is 12.0. The number of aryl methyl sites for hydroxylation is 1. The Morgan fingerprint density at radius 3 is 2.76 bits per heavy atom. The zero-order chi connectivity index (χ0) is 12.5. The van der Waals surface area contributed by atoms with Gasteiger partial charge in [-0.25, -0.2) is 8.42 Å². The van der Waals surface area contributed by atoms with Gasteiger partial charge >= 0.3 is 0 Å². The fourth-order valence-corrected chi connectivity index (χ4v) is 2.41. The van der Waals surface area contributed by atoms with E-state index in [-0.39, 0.29) is 10.7 Å². The molecule has 0 atom stereocenters. The molecule has 0 aliphatic heterocycles. The number of sulfonamides is 1. The summed E-state index contributed by atoms with van der Waals surface area (Å²) in [6.07, 6.45) is 4.17. The largest absolute Gasteiger partial charge is 0.383 e. The summed E-state index contributed by atoms with van der Waals surface area (Å²) in [5, 5.41) is 5.94. The number of nitrogens with zero attached hydrogens (tertiary/aromatic N) is 2. The molecule has 0 aliphatic carbocycles. The van der Waals surface area contributed by atoms with Gasteiger partial charge in [0, 0.05) is 6.20 Å². The number of H-pyrrole nitrogens is 1. The number of nitrogens with two attached hydrogens (primary N) is 1. The molecule has 0 saturated heterocycles. The fourth-order valence-electron chi connectivity index (χ4n) is 1.27. The highest BCUT2D eigenvalue weighted by Gasteiger charge is 2.20. The molecule has 0 unspecified atom stereocenters. The lowest BCUT2D eigenvalue weighted by atomic mass is 10.3. The molecule has 2 rings (SSSR count). The summed E-state index contributed by atoms with van der Waals surface area (Å²) in [6, 6.07) is 1.70. The third-order valence-electron chi connectivity index (χ3n) is 2.21. The minimum atomic E-state index is -3.73. The molecule has 4 N–H and O–H groups in total. The lowest BCUT2D eigenvalue weighted by Gasteiger charge is -2.08. The van der Waals surface area contributed by atoms with Crippen LogP contribution in [0.15, 0.2) is 29.6 Å². The lowest BCUT2D eigenvalue weighted by molar-refractivity contribution is 0.601. The van der Waals surface area contributed by atoms with Crippen LogP contribution in [0.25, 0.3) is 0 Å². The number of aromatic amines is 1. The van der Waals surface area contributed by atoms with Gasteiger partial charge in [-0.3, -0.25) is 14.8 Å². The first-order valence-electron chi connectivity index (χ1n) is 4.73. The van der Waals surface area contributed by atoms with E-state index < -0.39 is 10.0 Å². The molecule has 7 nitrogen and oxygen atoms in total. The van der Waals surface area contributed by atoms with Crippen molar-refractivity contribution in [3.05, 3.63) is 30.2 Å². The molecule has 0 spiro atoms. The standard InChI is InChI=1S/C9H11N5O2S/c1-6-2-3-11-4-7(6)14-17(15,16)8-5-12-13-9(8)10/h2-5,14H,1H3,(H3,10,12,13). The summed E-state index contributed by atoms with van der Waals surface area (Å²) < 4.78 is 26.3. The molecule has 2 aromatic rings. The highest BCUT2D eigenvalue weighted by molar-refractivity contribution is 7.92. The summed E-state index contributed by atoms with van der Waals surface area (Å²) in [4.78, 5) is 3.77. The Labute approximate surface area is 98.1 Å². The Morgan fingerprint density at radius 1 is 1.41 bits per heavy atom. The molecular weight excluding hydrogens is 242 g/mol. The zero-order valence-electron chi connectivity index (χ0n) is 9.01. The minimum absolute atomic E-state index is 0.000886. The molecule has 0 fully saturated rings. The number of aromatic nitrogens is 3. The van der Waals surface area contributed by atoms with Crippen molar-refractivity contribution in [1.82, 2.24) is 15.2 Å². The van der Waals surface area contributed by atoms with Crippen LogP contribution in [-0.4, -0.2) is 23.6 Å². The number of nitrogens with one attached hydrogen (secondary N) is 2. The molecule has 0 radical (unpaired) electrons. The van der Waals surface area contributed by atoms with E-state index in [4.69, 9.17) is 5.73 Å². The molecule has 17 heavy (non-hydrogen) atoms. The van der Waals surface area contributed by atoms with Crippen LogP contribution in [0.3, 0.4) is 0 Å². The molecule has 0 bridgehead atoms. The Morgan fingerprint density at radius 2 is 2.18 bits per heavy atom. The predicted octanol–water partition coefficient (Wildman–Crippen LogP) is 0.496. The van der Waals surface area contributed by atoms with Crippen LogP contribution in [0, 0.1) is 6.92 Å². The van der Waals surface area contributed by atoms with E-state index in [1.807, 2.05) is 0 Å². The first-order valence-corrected chi connectivity index (χ1v) is 6.21. The average Bonchev–Trinajstić information content (AvgIpc) is 2.68. The average molecular weight is 253 g/mol. The summed E-state index contributed by atoms with van der Waals surface area (Å²) in [7, 11) is -3.73. The topological polar surface area (TPSA) is 114 Å². The number of pyridine rings is 1. The normalized spacial score (nSPS) is 11.4. The van der Waals surface area contributed by atoms with Crippen molar-refractivity contribution in [2.24, 2.45) is 0 Å². The van der Waals surface area contributed by atoms with Crippen LogP contribution < -0.4 is 10.5 Å². The second-order valence-electron chi connectivity index (χ2n) is 3.44. The van der Waals surface area contributed by atoms with Gasteiger partial charge in [-0.1, -0.05) is 0 Å². The molecule has 2 heterocycles. The second-order valence-corrected chi connectivity index (χ2v) is 5.09. The van der Waals surface area contributed by atoms with E-state index in [0.717, 1.165) is 11.8 Å². The minimum Gasteiger partial charge on any atom is -0.383 e. The molecular formula is C9H11N5O2S. The van der Waals surface area contributed by atoms with Crippen molar-refractivity contribution in [2.75, 3.05) is 10.5 Å².